The second-order valence-electron chi connectivity index (χ2n) is 10.6. The van der Waals surface area contributed by atoms with Gasteiger partial charge in [0, 0.05) is 4.47 Å². The quantitative estimate of drug-likeness (QED) is 0.218. The Bertz CT molecular complexity index is 1250. The average Bonchev–Trinajstić information content (AvgIpc) is 2.88. The Hall–Kier alpha value is -2.87. The topological polar surface area (TPSA) is 48.0 Å². The summed E-state index contributed by atoms with van der Waals surface area (Å²) in [5.74, 6) is 0.0801. The van der Waals surface area contributed by atoms with Gasteiger partial charge in [-0.05, 0) is 53.5 Å². The number of nitrogens with zero attached hydrogens (tertiary/aromatic N) is 1. The molecule has 1 heterocycles. The maximum atomic E-state index is 13.7. The van der Waals surface area contributed by atoms with Crippen molar-refractivity contribution in [2.24, 2.45) is 0 Å². The number of halogens is 1. The van der Waals surface area contributed by atoms with E-state index in [1.165, 1.54) is 7.11 Å². The van der Waals surface area contributed by atoms with E-state index in [0.29, 0.717) is 11.3 Å². The van der Waals surface area contributed by atoms with Crippen molar-refractivity contribution in [2.45, 2.75) is 51.0 Å². The van der Waals surface area contributed by atoms with Gasteiger partial charge in [0.25, 0.3) is 0 Å². The number of rotatable bonds is 6. The predicted octanol–water partition coefficient (Wildman–Crippen LogP) is 8.13. The highest BCUT2D eigenvalue weighted by molar-refractivity contribution is 9.10. The van der Waals surface area contributed by atoms with Crippen molar-refractivity contribution < 1.29 is 18.8 Å². The number of ether oxygens (including phenoxy) is 1. The molecule has 0 aromatic heterocycles. The number of hydrogen-bond donors (Lipinski definition) is 0. The molecule has 1 aliphatic heterocycles. The molecule has 0 amide bonds. The minimum absolute atomic E-state index is 0.0911. The summed E-state index contributed by atoms with van der Waals surface area (Å²) in [7, 11) is -0.965. The fourth-order valence-electron chi connectivity index (χ4n) is 4.05. The third kappa shape index (κ3) is 5.69. The van der Waals surface area contributed by atoms with Crippen LogP contribution in [-0.2, 0) is 18.8 Å². The van der Waals surface area contributed by atoms with E-state index < -0.39 is 26.4 Å². The van der Waals surface area contributed by atoms with E-state index in [1.807, 2.05) is 90.0 Å². The van der Waals surface area contributed by atoms with Gasteiger partial charge in [0.2, 0.25) is 8.32 Å². The van der Waals surface area contributed by atoms with Crippen molar-refractivity contribution in [1.82, 2.24) is 0 Å². The molecule has 5 nitrogen and oxygen atoms in total. The van der Waals surface area contributed by atoms with Crippen molar-refractivity contribution >= 4 is 35.9 Å². The number of para-hydroxylation sites is 1. The van der Waals surface area contributed by atoms with E-state index in [-0.39, 0.29) is 5.04 Å². The first-order valence-corrected chi connectivity index (χ1v) is 16.1. The molecule has 0 radical (unpaired) electrons. The first-order chi connectivity index (χ1) is 17.5. The van der Waals surface area contributed by atoms with Crippen molar-refractivity contribution in [2.75, 3.05) is 12.2 Å². The van der Waals surface area contributed by atoms with Crippen LogP contribution in [0.15, 0.2) is 101 Å². The van der Waals surface area contributed by atoms with Crippen molar-refractivity contribution in [3.05, 3.63) is 112 Å². The van der Waals surface area contributed by atoms with Crippen molar-refractivity contribution in [1.29, 1.82) is 0 Å². The van der Waals surface area contributed by atoms with Crippen LogP contribution in [0.5, 0.6) is 0 Å². The fraction of sp³-hybridized carbons (Fsp3) is 0.300. The van der Waals surface area contributed by atoms with Crippen LogP contribution >= 0.6 is 15.9 Å². The first-order valence-electron chi connectivity index (χ1n) is 12.4. The number of esters is 1. The lowest BCUT2D eigenvalue weighted by atomic mass is 9.92. The molecule has 194 valence electrons. The lowest BCUT2D eigenvalue weighted by Gasteiger charge is -2.45. The first kappa shape index (κ1) is 27.2. The zero-order chi connectivity index (χ0) is 26.8. The lowest BCUT2D eigenvalue weighted by molar-refractivity contribution is -0.138. The number of anilines is 1. The molecule has 0 fully saturated rings. The number of benzene rings is 3. The Kier molecular flexibility index (Phi) is 7.97. The highest BCUT2D eigenvalue weighted by atomic mass is 79.9. The van der Waals surface area contributed by atoms with Crippen LogP contribution in [0.2, 0.25) is 18.1 Å². The molecule has 0 unspecified atom stereocenters. The molecule has 0 saturated heterocycles. The number of hydroxylamine groups is 1. The van der Waals surface area contributed by atoms with E-state index in [2.05, 4.69) is 49.8 Å². The Morgan fingerprint density at radius 2 is 1.46 bits per heavy atom. The largest absolute Gasteiger partial charge is 0.544 e. The van der Waals surface area contributed by atoms with Gasteiger partial charge in [-0.1, -0.05) is 97.4 Å². The van der Waals surface area contributed by atoms with Gasteiger partial charge in [0.05, 0.1) is 12.8 Å². The Morgan fingerprint density at radius 1 is 0.892 bits per heavy atom. The molecule has 0 N–H and O–H groups in total. The lowest BCUT2D eigenvalue weighted by Crippen LogP contribution is -2.46. The molecule has 0 bridgehead atoms. The van der Waals surface area contributed by atoms with Crippen LogP contribution in [-0.4, -0.2) is 21.4 Å². The fourth-order valence-corrected chi connectivity index (χ4v) is 5.38. The molecular weight excluding hydrogens is 546 g/mol. The zero-order valence-electron chi connectivity index (χ0n) is 22.2. The number of carbonyl (C=O) groups excluding carboxylic acids is 1. The minimum Gasteiger partial charge on any atom is -0.544 e. The summed E-state index contributed by atoms with van der Waals surface area (Å²) in [6.07, 6.45) is -0.628. The summed E-state index contributed by atoms with van der Waals surface area (Å²) < 4.78 is 13.3. The number of hydrogen-bond acceptors (Lipinski definition) is 5. The molecule has 0 saturated carbocycles. The van der Waals surface area contributed by atoms with Crippen LogP contribution < -0.4 is 5.06 Å². The highest BCUT2D eigenvalue weighted by Crippen LogP contribution is 2.49. The van der Waals surface area contributed by atoms with Crippen LogP contribution in [0.25, 0.3) is 0 Å². The van der Waals surface area contributed by atoms with Gasteiger partial charge in [0.15, 0.2) is 6.10 Å². The number of carbonyl (C=O) groups is 1. The predicted molar refractivity (Wildman–Crippen MR) is 153 cm³/mol. The summed E-state index contributed by atoms with van der Waals surface area (Å²) in [5, 5.41) is 1.72. The second kappa shape index (κ2) is 10.9. The van der Waals surface area contributed by atoms with Crippen LogP contribution in [0, 0.1) is 0 Å². The zero-order valence-corrected chi connectivity index (χ0v) is 24.8. The number of methoxy groups -OCH3 is 1. The standard InChI is InChI=1S/C30H34BrNO4Si/c1-30(2,3)37(5,6)36-28-25(29(33)34-4)26(21-17-19-23(31)20-18-21)32(24-15-11-8-12-16-24)35-27(28)22-13-9-7-10-14-22/h7-20,26-27H,1-6H3/t26-,27+/m0/s1. The van der Waals surface area contributed by atoms with Gasteiger partial charge in [-0.2, -0.15) is 0 Å². The van der Waals surface area contributed by atoms with E-state index in [9.17, 15) is 4.79 Å². The second-order valence-corrected chi connectivity index (χ2v) is 16.3. The van der Waals surface area contributed by atoms with Crippen molar-refractivity contribution in [3.63, 3.8) is 0 Å². The third-order valence-electron chi connectivity index (χ3n) is 7.11. The van der Waals surface area contributed by atoms with Gasteiger partial charge < -0.3 is 9.16 Å². The molecule has 7 heteroatoms. The molecule has 3 aromatic carbocycles. The Morgan fingerprint density at radius 3 is 2.00 bits per heavy atom. The van der Waals surface area contributed by atoms with Gasteiger partial charge in [-0.25, -0.2) is 9.86 Å². The molecule has 4 rings (SSSR count). The van der Waals surface area contributed by atoms with Gasteiger partial charge in [-0.15, -0.1) is 0 Å². The third-order valence-corrected chi connectivity index (χ3v) is 12.0. The maximum absolute atomic E-state index is 13.7. The van der Waals surface area contributed by atoms with Crippen LogP contribution in [0.3, 0.4) is 0 Å². The van der Waals surface area contributed by atoms with Crippen molar-refractivity contribution in [3.8, 4) is 0 Å². The normalized spacial score (nSPS) is 18.5. The van der Waals surface area contributed by atoms with Gasteiger partial charge in [0.1, 0.15) is 17.4 Å². The molecule has 0 aliphatic carbocycles. The van der Waals surface area contributed by atoms with Crippen LogP contribution in [0.4, 0.5) is 5.69 Å². The molecule has 37 heavy (non-hydrogen) atoms. The van der Waals surface area contributed by atoms with E-state index in [0.717, 1.165) is 21.3 Å². The van der Waals surface area contributed by atoms with Gasteiger partial charge in [-0.3, -0.25) is 4.84 Å². The average molecular weight is 581 g/mol. The van der Waals surface area contributed by atoms with Gasteiger partial charge >= 0.3 is 5.97 Å². The summed E-state index contributed by atoms with van der Waals surface area (Å²) >= 11 is 3.53. The van der Waals surface area contributed by atoms with E-state index in [1.54, 1.807) is 0 Å². The van der Waals surface area contributed by atoms with E-state index >= 15 is 0 Å². The smallest absolute Gasteiger partial charge is 0.339 e. The van der Waals surface area contributed by atoms with E-state index in [4.69, 9.17) is 14.0 Å². The summed E-state index contributed by atoms with van der Waals surface area (Å²) in [6.45, 7) is 10.9. The maximum Gasteiger partial charge on any atom is 0.339 e. The molecule has 2 atom stereocenters. The molecule has 1 aliphatic rings. The van der Waals surface area contributed by atoms with Crippen LogP contribution in [0.1, 0.15) is 44.0 Å². The summed E-state index contributed by atoms with van der Waals surface area (Å²) in [6, 6.07) is 27.0. The summed E-state index contributed by atoms with van der Waals surface area (Å²) in [5.41, 5.74) is 3.05. The molecule has 0 spiro atoms. The molecular formula is C30H34BrNO4Si. The minimum atomic E-state index is -2.38. The molecule has 3 aromatic rings. The summed E-state index contributed by atoms with van der Waals surface area (Å²) in [4.78, 5) is 20.5. The Labute approximate surface area is 229 Å². The monoisotopic (exact) mass is 579 g/mol. The Balaban J connectivity index is 2.03. The SMILES string of the molecule is COC(=O)C1=C(O[Si](C)(C)C(C)(C)C)[C@@H](c2ccccc2)ON(c2ccccc2)[C@H]1c1ccc(Br)cc1. The highest BCUT2D eigenvalue weighted by Gasteiger charge is 2.47.